The summed E-state index contributed by atoms with van der Waals surface area (Å²) in [5.41, 5.74) is 0.740. The summed E-state index contributed by atoms with van der Waals surface area (Å²) in [4.78, 5) is 13.2. The summed E-state index contributed by atoms with van der Waals surface area (Å²) < 4.78 is 44.1. The quantitative estimate of drug-likeness (QED) is 0.469. The van der Waals surface area contributed by atoms with E-state index >= 15 is 0 Å². The van der Waals surface area contributed by atoms with Crippen LogP contribution in [0.15, 0.2) is 51.8 Å². The number of hydrogen-bond donors (Lipinski definition) is 1. The summed E-state index contributed by atoms with van der Waals surface area (Å²) >= 11 is 0. The minimum atomic E-state index is -3.73. The Morgan fingerprint density at radius 1 is 1.09 bits per heavy atom. The molecule has 1 unspecified atom stereocenters. The Morgan fingerprint density at radius 3 is 2.45 bits per heavy atom. The fourth-order valence-electron chi connectivity index (χ4n) is 3.62. The number of fused-ring (bicyclic) bond motifs is 1. The highest BCUT2D eigenvalue weighted by molar-refractivity contribution is 7.89. The normalized spacial score (nSPS) is 12.7. The number of hydrogen-bond acceptors (Lipinski definition) is 6. The van der Waals surface area contributed by atoms with Crippen LogP contribution in [0.3, 0.4) is 0 Å². The van der Waals surface area contributed by atoms with Crippen molar-refractivity contribution in [2.45, 2.75) is 38.6 Å². The molecule has 0 spiro atoms. The smallest absolute Gasteiger partial charge is 0.255 e. The van der Waals surface area contributed by atoms with E-state index in [0.29, 0.717) is 36.8 Å². The van der Waals surface area contributed by atoms with Crippen LogP contribution in [-0.2, 0) is 10.0 Å². The molecule has 1 amide bonds. The number of amides is 1. The topological polar surface area (TPSA) is 98.1 Å². The van der Waals surface area contributed by atoms with Crippen molar-refractivity contribution in [2.24, 2.45) is 0 Å². The number of para-hydroxylation sites is 1. The average Bonchev–Trinajstić information content (AvgIpc) is 3.25. The SMILES string of the molecule is CCOc1cccc2cc(C(C)NC(=O)c3cc(S(=O)(=O)N(CC)CC)ccc3OC)oc12. The Balaban J connectivity index is 1.90. The third kappa shape index (κ3) is 4.99. The molecule has 0 saturated carbocycles. The molecule has 0 aliphatic carbocycles. The van der Waals surface area contributed by atoms with Crippen molar-refractivity contribution in [3.05, 3.63) is 53.8 Å². The van der Waals surface area contributed by atoms with Crippen LogP contribution < -0.4 is 14.8 Å². The Kier molecular flexibility index (Phi) is 7.65. The molecule has 0 aliphatic heterocycles. The number of ether oxygens (including phenoxy) is 2. The van der Waals surface area contributed by atoms with Gasteiger partial charge in [0.25, 0.3) is 5.91 Å². The number of benzene rings is 2. The Morgan fingerprint density at radius 2 is 1.82 bits per heavy atom. The molecule has 178 valence electrons. The minimum absolute atomic E-state index is 0.0369. The number of methoxy groups -OCH3 is 1. The fraction of sp³-hybridized carbons (Fsp3) is 0.375. The van der Waals surface area contributed by atoms with Crippen LogP contribution >= 0.6 is 0 Å². The maximum atomic E-state index is 13.1. The average molecular weight is 475 g/mol. The monoisotopic (exact) mass is 474 g/mol. The predicted octanol–water partition coefficient (Wildman–Crippen LogP) is 4.36. The van der Waals surface area contributed by atoms with E-state index in [1.807, 2.05) is 31.2 Å². The molecule has 1 N–H and O–H groups in total. The molecule has 0 radical (unpaired) electrons. The van der Waals surface area contributed by atoms with Crippen molar-refractivity contribution < 1.29 is 27.1 Å². The van der Waals surface area contributed by atoms with Crippen LogP contribution in [-0.4, -0.2) is 45.4 Å². The number of sulfonamides is 1. The molecule has 1 heterocycles. The molecule has 2 aromatic carbocycles. The fourth-order valence-corrected chi connectivity index (χ4v) is 5.11. The summed E-state index contributed by atoms with van der Waals surface area (Å²) in [6, 6.07) is 11.3. The molecule has 1 aromatic heterocycles. The van der Waals surface area contributed by atoms with E-state index in [2.05, 4.69) is 5.32 Å². The van der Waals surface area contributed by atoms with Crippen molar-refractivity contribution in [3.8, 4) is 11.5 Å². The summed E-state index contributed by atoms with van der Waals surface area (Å²) in [6.45, 7) is 8.40. The van der Waals surface area contributed by atoms with Gasteiger partial charge in [-0.1, -0.05) is 26.0 Å². The van der Waals surface area contributed by atoms with Gasteiger partial charge >= 0.3 is 0 Å². The molecule has 0 aliphatic rings. The van der Waals surface area contributed by atoms with Gasteiger partial charge in [0.2, 0.25) is 10.0 Å². The van der Waals surface area contributed by atoms with Gasteiger partial charge in [-0.25, -0.2) is 8.42 Å². The Hall–Kier alpha value is -3.04. The molecular weight excluding hydrogens is 444 g/mol. The molecule has 8 nitrogen and oxygen atoms in total. The molecular formula is C24H30N2O6S. The number of nitrogens with zero attached hydrogens (tertiary/aromatic N) is 1. The van der Waals surface area contributed by atoms with Gasteiger partial charge in [0.1, 0.15) is 11.5 Å². The third-order valence-electron chi connectivity index (χ3n) is 5.36. The van der Waals surface area contributed by atoms with Gasteiger partial charge in [-0.15, -0.1) is 0 Å². The van der Waals surface area contributed by atoms with E-state index in [9.17, 15) is 13.2 Å². The third-order valence-corrected chi connectivity index (χ3v) is 7.41. The lowest BCUT2D eigenvalue weighted by Gasteiger charge is -2.20. The molecule has 3 rings (SSSR count). The molecule has 3 aromatic rings. The van der Waals surface area contributed by atoms with E-state index in [4.69, 9.17) is 13.9 Å². The first kappa shape index (κ1) is 24.6. The lowest BCUT2D eigenvalue weighted by molar-refractivity contribution is 0.0932. The van der Waals surface area contributed by atoms with Crippen LogP contribution in [0.4, 0.5) is 0 Å². The van der Waals surface area contributed by atoms with Gasteiger partial charge in [0.15, 0.2) is 11.3 Å². The van der Waals surface area contributed by atoms with Crippen molar-refractivity contribution >= 4 is 26.9 Å². The van der Waals surface area contributed by atoms with E-state index in [-0.39, 0.29) is 16.2 Å². The highest BCUT2D eigenvalue weighted by atomic mass is 32.2. The van der Waals surface area contributed by atoms with Gasteiger partial charge < -0.3 is 19.2 Å². The zero-order valence-corrected chi connectivity index (χ0v) is 20.4. The molecule has 0 bridgehead atoms. The van der Waals surface area contributed by atoms with Crippen molar-refractivity contribution in [1.29, 1.82) is 0 Å². The van der Waals surface area contributed by atoms with E-state index < -0.39 is 22.0 Å². The largest absolute Gasteiger partial charge is 0.496 e. The van der Waals surface area contributed by atoms with Crippen LogP contribution in [0.25, 0.3) is 11.0 Å². The van der Waals surface area contributed by atoms with Crippen LogP contribution in [0.5, 0.6) is 11.5 Å². The Labute approximate surface area is 194 Å². The van der Waals surface area contributed by atoms with Crippen molar-refractivity contribution in [3.63, 3.8) is 0 Å². The highest BCUT2D eigenvalue weighted by Crippen LogP contribution is 2.32. The Bertz CT molecular complexity index is 1230. The highest BCUT2D eigenvalue weighted by Gasteiger charge is 2.25. The maximum absolute atomic E-state index is 13.1. The number of rotatable bonds is 10. The number of carbonyl (C=O) groups excluding carboxylic acids is 1. The van der Waals surface area contributed by atoms with E-state index in [0.717, 1.165) is 5.39 Å². The summed E-state index contributed by atoms with van der Waals surface area (Å²) in [6.07, 6.45) is 0. The molecule has 9 heteroatoms. The first-order chi connectivity index (χ1) is 15.8. The lowest BCUT2D eigenvalue weighted by atomic mass is 10.1. The van der Waals surface area contributed by atoms with Crippen LogP contribution in [0.2, 0.25) is 0 Å². The molecule has 0 saturated heterocycles. The lowest BCUT2D eigenvalue weighted by Crippen LogP contribution is -2.31. The summed E-state index contributed by atoms with van der Waals surface area (Å²) in [7, 11) is -2.29. The maximum Gasteiger partial charge on any atom is 0.255 e. The zero-order valence-electron chi connectivity index (χ0n) is 19.5. The second-order valence-electron chi connectivity index (χ2n) is 7.40. The first-order valence-corrected chi connectivity index (χ1v) is 12.3. The van der Waals surface area contributed by atoms with E-state index in [1.54, 1.807) is 20.8 Å². The van der Waals surface area contributed by atoms with Gasteiger partial charge in [0, 0.05) is 18.5 Å². The predicted molar refractivity (Wildman–Crippen MR) is 126 cm³/mol. The van der Waals surface area contributed by atoms with Gasteiger partial charge in [-0.3, -0.25) is 4.79 Å². The second kappa shape index (κ2) is 10.3. The molecule has 1 atom stereocenters. The summed E-state index contributed by atoms with van der Waals surface area (Å²) in [5.74, 6) is 0.995. The molecule has 33 heavy (non-hydrogen) atoms. The van der Waals surface area contributed by atoms with Crippen LogP contribution in [0.1, 0.15) is 49.9 Å². The minimum Gasteiger partial charge on any atom is -0.496 e. The standard InChI is InChI=1S/C24H30N2O6S/c1-6-26(7-2)33(28,29)18-12-13-20(30-5)19(15-18)24(27)25-16(4)22-14-17-10-9-11-21(31-8-3)23(17)32-22/h9-16H,6-8H2,1-5H3,(H,25,27). The van der Waals surface area contributed by atoms with Gasteiger partial charge in [0.05, 0.1) is 30.2 Å². The van der Waals surface area contributed by atoms with Gasteiger partial charge in [-0.05, 0) is 44.2 Å². The van der Waals surface area contributed by atoms with Gasteiger partial charge in [-0.2, -0.15) is 4.31 Å². The number of nitrogens with one attached hydrogen (secondary N) is 1. The zero-order chi connectivity index (χ0) is 24.2. The van der Waals surface area contributed by atoms with E-state index in [1.165, 1.54) is 29.6 Å². The number of carbonyl (C=O) groups is 1. The van der Waals surface area contributed by atoms with Crippen LogP contribution in [0, 0.1) is 0 Å². The number of furan rings is 1. The first-order valence-electron chi connectivity index (χ1n) is 10.9. The molecule has 0 fully saturated rings. The van der Waals surface area contributed by atoms with Crippen molar-refractivity contribution in [2.75, 3.05) is 26.8 Å². The van der Waals surface area contributed by atoms with Crippen molar-refractivity contribution in [1.82, 2.24) is 9.62 Å². The second-order valence-corrected chi connectivity index (χ2v) is 9.34. The summed E-state index contributed by atoms with van der Waals surface area (Å²) in [5, 5.41) is 3.74.